The van der Waals surface area contributed by atoms with E-state index in [0.717, 1.165) is 47.6 Å². The van der Waals surface area contributed by atoms with Gasteiger partial charge >= 0.3 is 0 Å². The van der Waals surface area contributed by atoms with E-state index in [1.54, 1.807) is 13.3 Å². The molecule has 218 valence electrons. The lowest BCUT2D eigenvalue weighted by atomic mass is 9.92. The Bertz CT molecular complexity index is 1310. The second kappa shape index (κ2) is 12.4. The van der Waals surface area contributed by atoms with Crippen molar-refractivity contribution in [3.63, 3.8) is 0 Å². The molecule has 0 saturated heterocycles. The highest BCUT2D eigenvalue weighted by atomic mass is 28.4. The van der Waals surface area contributed by atoms with Crippen LogP contribution in [0, 0.1) is 0 Å². The Kier molecular flexibility index (Phi) is 9.40. The van der Waals surface area contributed by atoms with E-state index >= 15 is 0 Å². The number of aromatic nitrogens is 3. The second-order valence-electron chi connectivity index (χ2n) is 12.9. The number of carbonyl (C=O) groups excluding carboxylic acids is 1. The minimum atomic E-state index is -1.94. The zero-order valence-electron chi connectivity index (χ0n) is 25.8. The smallest absolute Gasteiger partial charge is 0.254 e. The monoisotopic (exact) mass is 564 g/mol. The summed E-state index contributed by atoms with van der Waals surface area (Å²) in [4.78, 5) is 25.1. The number of pyridine rings is 1. The van der Waals surface area contributed by atoms with Crippen LogP contribution in [0.4, 0.5) is 0 Å². The van der Waals surface area contributed by atoms with Gasteiger partial charge in [0.15, 0.2) is 14.0 Å². The Labute approximate surface area is 241 Å². The molecule has 0 aliphatic heterocycles. The van der Waals surface area contributed by atoms with Gasteiger partial charge in [0.2, 0.25) is 0 Å². The van der Waals surface area contributed by atoms with Crippen LogP contribution in [0.25, 0.3) is 11.2 Å². The molecule has 0 atom stereocenters. The van der Waals surface area contributed by atoms with Gasteiger partial charge < -0.3 is 18.6 Å². The number of aryl methyl sites for hydroxylation is 2. The average Bonchev–Trinajstić information content (AvgIpc) is 3.28. The zero-order chi connectivity index (χ0) is 29.1. The van der Waals surface area contributed by atoms with Gasteiger partial charge in [0, 0.05) is 30.4 Å². The minimum Gasteiger partial charge on any atom is -0.496 e. The van der Waals surface area contributed by atoms with Crippen LogP contribution in [-0.2, 0) is 24.0 Å². The van der Waals surface area contributed by atoms with Gasteiger partial charge in [0.1, 0.15) is 11.6 Å². The van der Waals surface area contributed by atoms with Crippen LogP contribution in [0.1, 0.15) is 88.5 Å². The van der Waals surface area contributed by atoms with E-state index in [9.17, 15) is 4.79 Å². The number of ether oxygens (including phenoxy) is 1. The third kappa shape index (κ3) is 6.60. The van der Waals surface area contributed by atoms with Crippen molar-refractivity contribution in [2.24, 2.45) is 0 Å². The lowest BCUT2D eigenvalue weighted by molar-refractivity contribution is 0.0555. The summed E-state index contributed by atoms with van der Waals surface area (Å²) in [6.45, 7) is 16.7. The van der Waals surface area contributed by atoms with Gasteiger partial charge in [-0.15, -0.1) is 0 Å². The molecule has 1 saturated carbocycles. The molecule has 1 fully saturated rings. The highest BCUT2D eigenvalue weighted by Gasteiger charge is 2.37. The molecule has 0 radical (unpaired) electrons. The van der Waals surface area contributed by atoms with E-state index in [1.165, 1.54) is 19.3 Å². The zero-order valence-corrected chi connectivity index (χ0v) is 26.8. The Morgan fingerprint density at radius 2 is 1.88 bits per heavy atom. The molecular weight excluding hydrogens is 516 g/mol. The highest BCUT2D eigenvalue weighted by molar-refractivity contribution is 6.74. The summed E-state index contributed by atoms with van der Waals surface area (Å²) < 4.78 is 14.6. The van der Waals surface area contributed by atoms with E-state index in [4.69, 9.17) is 14.1 Å². The van der Waals surface area contributed by atoms with Crippen LogP contribution < -0.4 is 4.74 Å². The molecule has 1 aliphatic rings. The van der Waals surface area contributed by atoms with Crippen molar-refractivity contribution in [2.45, 2.75) is 117 Å². The molecule has 2 aromatic heterocycles. The molecule has 0 unspecified atom stereocenters. The van der Waals surface area contributed by atoms with E-state index in [0.29, 0.717) is 24.8 Å². The summed E-state index contributed by atoms with van der Waals surface area (Å²) in [6.07, 6.45) is 8.37. The van der Waals surface area contributed by atoms with E-state index < -0.39 is 8.32 Å². The Balaban J connectivity index is 1.55. The summed E-state index contributed by atoms with van der Waals surface area (Å²) >= 11 is 0. The molecule has 0 N–H and O–H groups in total. The second-order valence-corrected chi connectivity index (χ2v) is 17.8. The summed E-state index contributed by atoms with van der Waals surface area (Å²) in [5.41, 5.74) is 3.50. The number of amides is 1. The highest BCUT2D eigenvalue weighted by Crippen LogP contribution is 2.37. The number of imidazole rings is 1. The molecule has 40 heavy (non-hydrogen) atoms. The van der Waals surface area contributed by atoms with Gasteiger partial charge in [-0.1, -0.05) is 46.1 Å². The van der Waals surface area contributed by atoms with Gasteiger partial charge in [-0.25, -0.2) is 9.97 Å². The molecule has 0 spiro atoms. The summed E-state index contributed by atoms with van der Waals surface area (Å²) in [5, 5.41) is 0.122. The van der Waals surface area contributed by atoms with Crippen molar-refractivity contribution in [3.05, 3.63) is 53.5 Å². The summed E-state index contributed by atoms with van der Waals surface area (Å²) in [5.74, 6) is 1.74. The third-order valence-corrected chi connectivity index (χ3v) is 13.3. The molecule has 3 aromatic rings. The Morgan fingerprint density at radius 1 is 1.15 bits per heavy atom. The van der Waals surface area contributed by atoms with Gasteiger partial charge in [-0.2, -0.15) is 0 Å². The van der Waals surface area contributed by atoms with E-state index in [2.05, 4.69) is 74.3 Å². The number of nitrogens with zero attached hydrogens (tertiary/aromatic N) is 4. The van der Waals surface area contributed by atoms with E-state index in [-0.39, 0.29) is 17.0 Å². The fraction of sp³-hybridized carbons (Fsp3) is 0.594. The molecule has 1 aliphatic carbocycles. The molecule has 2 heterocycles. The van der Waals surface area contributed by atoms with Crippen LogP contribution >= 0.6 is 0 Å². The Morgan fingerprint density at radius 3 is 2.52 bits per heavy atom. The number of carbonyl (C=O) groups is 1. The van der Waals surface area contributed by atoms with Gasteiger partial charge in [0.25, 0.3) is 5.91 Å². The fourth-order valence-corrected chi connectivity index (χ4v) is 6.40. The number of hydrogen-bond donors (Lipinski definition) is 0. The molecular formula is C32H48N4O3Si. The molecule has 1 aromatic carbocycles. The van der Waals surface area contributed by atoms with Gasteiger partial charge in [0.05, 0.1) is 19.2 Å². The molecule has 0 bridgehead atoms. The maximum atomic E-state index is 13.7. The lowest BCUT2D eigenvalue weighted by Crippen LogP contribution is -2.45. The van der Waals surface area contributed by atoms with E-state index in [1.807, 2.05) is 18.2 Å². The normalized spacial score (nSPS) is 15.1. The van der Waals surface area contributed by atoms with Crippen molar-refractivity contribution >= 4 is 25.4 Å². The van der Waals surface area contributed by atoms with Gasteiger partial charge in [-0.05, 0) is 81.1 Å². The first-order valence-corrected chi connectivity index (χ1v) is 17.8. The van der Waals surface area contributed by atoms with Gasteiger partial charge in [-0.3, -0.25) is 4.79 Å². The summed E-state index contributed by atoms with van der Waals surface area (Å²) in [7, 11) is -0.254. The maximum absolute atomic E-state index is 13.7. The number of fused-ring (bicyclic) bond motifs is 1. The topological polar surface area (TPSA) is 69.5 Å². The molecule has 7 nitrogen and oxygen atoms in total. The SMILES string of the molecule is COc1cc(C(=O)N(C(C)C)C2CCCCC2)ccc1CCn1c(CO[Si](C)(C)C(C)(C)C)nc2ncccc21. The average molecular weight is 565 g/mol. The minimum absolute atomic E-state index is 0.100. The number of hydrogen-bond acceptors (Lipinski definition) is 5. The van der Waals surface area contributed by atoms with Crippen molar-refractivity contribution in [2.75, 3.05) is 7.11 Å². The molecule has 1 amide bonds. The quantitative estimate of drug-likeness (QED) is 0.240. The third-order valence-electron chi connectivity index (χ3n) is 8.87. The van der Waals surface area contributed by atoms with Crippen molar-refractivity contribution in [1.29, 1.82) is 0 Å². The van der Waals surface area contributed by atoms with Crippen molar-refractivity contribution in [1.82, 2.24) is 19.4 Å². The van der Waals surface area contributed by atoms with Crippen LogP contribution in [-0.4, -0.2) is 52.9 Å². The molecule has 8 heteroatoms. The van der Waals surface area contributed by atoms with Crippen molar-refractivity contribution < 1.29 is 14.0 Å². The number of rotatable bonds is 10. The van der Waals surface area contributed by atoms with Crippen LogP contribution in [0.2, 0.25) is 18.1 Å². The van der Waals surface area contributed by atoms with Crippen molar-refractivity contribution in [3.8, 4) is 5.75 Å². The lowest BCUT2D eigenvalue weighted by Gasteiger charge is -2.37. The predicted octanol–water partition coefficient (Wildman–Crippen LogP) is 7.39. The Hall–Kier alpha value is -2.71. The first kappa shape index (κ1) is 30.3. The first-order valence-electron chi connectivity index (χ1n) is 14.9. The standard InChI is InChI=1S/C32H48N4O3Si/c1-23(2)36(26-13-10-9-11-14-26)31(37)25-17-16-24(28(21-25)38-6)18-20-35-27-15-12-19-33-30(27)34-29(35)22-39-40(7,8)32(3,4)5/h12,15-17,19,21,23,26H,9-11,13-14,18,20,22H2,1-8H3. The van der Waals surface area contributed by atoms with Crippen LogP contribution in [0.15, 0.2) is 36.5 Å². The van der Waals surface area contributed by atoms with Crippen LogP contribution in [0.3, 0.4) is 0 Å². The first-order chi connectivity index (χ1) is 18.9. The largest absolute Gasteiger partial charge is 0.496 e. The predicted molar refractivity (Wildman–Crippen MR) is 164 cm³/mol. The van der Waals surface area contributed by atoms with Crippen LogP contribution in [0.5, 0.6) is 5.75 Å². The maximum Gasteiger partial charge on any atom is 0.254 e. The number of methoxy groups -OCH3 is 1. The number of benzene rings is 1. The summed E-state index contributed by atoms with van der Waals surface area (Å²) in [6, 6.07) is 10.4. The molecule has 4 rings (SSSR count). The fourth-order valence-electron chi connectivity index (χ4n) is 5.47.